The zero-order chi connectivity index (χ0) is 20.1. The van der Waals surface area contributed by atoms with Crippen molar-refractivity contribution < 1.29 is 4.79 Å². The lowest BCUT2D eigenvalue weighted by molar-refractivity contribution is -0.120. The highest BCUT2D eigenvalue weighted by molar-refractivity contribution is 7.10. The Hall–Kier alpha value is -3.72. The predicted octanol–water partition coefficient (Wildman–Crippen LogP) is 2.87. The molecule has 1 amide bonds. The van der Waals surface area contributed by atoms with Crippen LogP contribution in [0.2, 0.25) is 0 Å². The summed E-state index contributed by atoms with van der Waals surface area (Å²) in [6.45, 7) is 1.83. The summed E-state index contributed by atoms with van der Waals surface area (Å²) < 4.78 is 1.56. The van der Waals surface area contributed by atoms with Crippen molar-refractivity contribution in [1.29, 1.82) is 0 Å². The SMILES string of the molecule is C/C(=N/NC(=O)Cc1nc(-c2ccccc2)cs1)c1cccc(-n2cnnn2)c1. The highest BCUT2D eigenvalue weighted by Crippen LogP contribution is 2.21. The Labute approximate surface area is 170 Å². The Kier molecular flexibility index (Phi) is 5.48. The molecule has 0 unspecified atom stereocenters. The van der Waals surface area contributed by atoms with Gasteiger partial charge in [0, 0.05) is 10.9 Å². The van der Waals surface area contributed by atoms with E-state index in [2.05, 4.69) is 31.0 Å². The van der Waals surface area contributed by atoms with E-state index in [9.17, 15) is 4.79 Å². The minimum Gasteiger partial charge on any atom is -0.273 e. The Bertz CT molecular complexity index is 1140. The van der Waals surface area contributed by atoms with Gasteiger partial charge < -0.3 is 0 Å². The van der Waals surface area contributed by atoms with Crippen molar-refractivity contribution in [2.45, 2.75) is 13.3 Å². The molecular formula is C20H17N7OS. The molecule has 2 aromatic carbocycles. The molecule has 2 heterocycles. The van der Waals surface area contributed by atoms with Crippen LogP contribution in [0.4, 0.5) is 0 Å². The number of hydrogen-bond donors (Lipinski definition) is 1. The molecule has 0 atom stereocenters. The maximum absolute atomic E-state index is 12.3. The summed E-state index contributed by atoms with van der Waals surface area (Å²) in [5.41, 5.74) is 6.86. The first-order valence-corrected chi connectivity index (χ1v) is 9.74. The number of hydrogen-bond acceptors (Lipinski definition) is 7. The highest BCUT2D eigenvalue weighted by Gasteiger charge is 2.09. The first-order valence-electron chi connectivity index (χ1n) is 8.86. The van der Waals surface area contributed by atoms with Crippen LogP contribution in [0.3, 0.4) is 0 Å². The van der Waals surface area contributed by atoms with Gasteiger partial charge in [-0.05, 0) is 35.0 Å². The number of aromatic nitrogens is 5. The van der Waals surface area contributed by atoms with Gasteiger partial charge in [0.1, 0.15) is 11.3 Å². The minimum atomic E-state index is -0.213. The van der Waals surface area contributed by atoms with Gasteiger partial charge in [0.25, 0.3) is 0 Å². The van der Waals surface area contributed by atoms with E-state index in [0.29, 0.717) is 5.71 Å². The van der Waals surface area contributed by atoms with Crippen LogP contribution in [0.5, 0.6) is 0 Å². The van der Waals surface area contributed by atoms with Crippen LogP contribution in [0.1, 0.15) is 17.5 Å². The van der Waals surface area contributed by atoms with Gasteiger partial charge in [0.05, 0.1) is 23.5 Å². The van der Waals surface area contributed by atoms with Gasteiger partial charge in [0.2, 0.25) is 5.91 Å². The molecule has 9 heteroatoms. The summed E-state index contributed by atoms with van der Waals surface area (Å²) in [6.07, 6.45) is 1.70. The molecule has 0 spiro atoms. The van der Waals surface area contributed by atoms with Crippen molar-refractivity contribution in [3.05, 3.63) is 76.9 Å². The fourth-order valence-corrected chi connectivity index (χ4v) is 3.48. The van der Waals surface area contributed by atoms with Crippen LogP contribution < -0.4 is 5.43 Å². The quantitative estimate of drug-likeness (QED) is 0.394. The number of carbonyl (C=O) groups is 1. The molecule has 4 rings (SSSR count). The van der Waals surface area contributed by atoms with Gasteiger partial charge in [-0.25, -0.2) is 15.1 Å². The van der Waals surface area contributed by atoms with Gasteiger partial charge in [-0.2, -0.15) is 5.10 Å². The fraction of sp³-hybridized carbons (Fsp3) is 0.100. The van der Waals surface area contributed by atoms with Crippen molar-refractivity contribution >= 4 is 23.0 Å². The van der Waals surface area contributed by atoms with Crippen LogP contribution in [0, 0.1) is 0 Å². The van der Waals surface area contributed by atoms with E-state index in [4.69, 9.17) is 0 Å². The van der Waals surface area contributed by atoms with Crippen molar-refractivity contribution in [2.24, 2.45) is 5.10 Å². The molecule has 0 aliphatic carbocycles. The van der Waals surface area contributed by atoms with E-state index in [1.54, 1.807) is 4.68 Å². The average molecular weight is 403 g/mol. The largest absolute Gasteiger partial charge is 0.273 e. The van der Waals surface area contributed by atoms with Crippen LogP contribution in [0.15, 0.2) is 71.4 Å². The molecule has 0 saturated heterocycles. The van der Waals surface area contributed by atoms with Crippen molar-refractivity contribution in [3.63, 3.8) is 0 Å². The lowest BCUT2D eigenvalue weighted by Gasteiger charge is -2.05. The summed E-state index contributed by atoms with van der Waals surface area (Å²) in [5, 5.41) is 18.1. The monoisotopic (exact) mass is 403 g/mol. The lowest BCUT2D eigenvalue weighted by atomic mass is 10.1. The molecule has 144 valence electrons. The maximum Gasteiger partial charge on any atom is 0.246 e. The van der Waals surface area contributed by atoms with E-state index >= 15 is 0 Å². The summed E-state index contributed by atoms with van der Waals surface area (Å²) >= 11 is 1.46. The number of benzene rings is 2. The van der Waals surface area contributed by atoms with E-state index < -0.39 is 0 Å². The van der Waals surface area contributed by atoms with Crippen molar-refractivity contribution in [2.75, 3.05) is 0 Å². The van der Waals surface area contributed by atoms with Gasteiger partial charge >= 0.3 is 0 Å². The van der Waals surface area contributed by atoms with E-state index in [1.807, 2.05) is 66.9 Å². The van der Waals surface area contributed by atoms with E-state index in [0.717, 1.165) is 27.5 Å². The normalized spacial score (nSPS) is 11.4. The molecule has 0 aliphatic rings. The Morgan fingerprint density at radius 3 is 2.83 bits per heavy atom. The second kappa shape index (κ2) is 8.53. The van der Waals surface area contributed by atoms with E-state index in [-0.39, 0.29) is 12.3 Å². The molecule has 2 aromatic heterocycles. The highest BCUT2D eigenvalue weighted by atomic mass is 32.1. The second-order valence-corrected chi connectivity index (χ2v) is 7.15. The smallest absolute Gasteiger partial charge is 0.246 e. The number of nitrogens with one attached hydrogen (secondary N) is 1. The Morgan fingerprint density at radius 2 is 2.03 bits per heavy atom. The van der Waals surface area contributed by atoms with Crippen LogP contribution in [-0.2, 0) is 11.2 Å². The third-order valence-electron chi connectivity index (χ3n) is 4.16. The standard InChI is InChI=1S/C20H17N7OS/c1-14(16-8-5-9-17(10-16)27-13-21-25-26-27)23-24-19(28)11-20-22-18(12-29-20)15-6-3-2-4-7-15/h2-10,12-13H,11H2,1H3,(H,24,28)/b23-14-. The second-order valence-electron chi connectivity index (χ2n) is 6.21. The molecule has 0 saturated carbocycles. The van der Waals surface area contributed by atoms with Crippen molar-refractivity contribution in [3.8, 4) is 16.9 Å². The molecule has 29 heavy (non-hydrogen) atoms. The number of tetrazole rings is 1. The summed E-state index contributed by atoms with van der Waals surface area (Å²) in [4.78, 5) is 16.8. The molecule has 4 aromatic rings. The maximum atomic E-state index is 12.3. The summed E-state index contributed by atoms with van der Waals surface area (Å²) in [7, 11) is 0. The number of carbonyl (C=O) groups excluding carboxylic acids is 1. The van der Waals surface area contributed by atoms with Gasteiger partial charge in [-0.15, -0.1) is 16.4 Å². The third-order valence-corrected chi connectivity index (χ3v) is 5.01. The Balaban J connectivity index is 1.40. The topological polar surface area (TPSA) is 98.0 Å². The predicted molar refractivity (Wildman–Crippen MR) is 111 cm³/mol. The van der Waals surface area contributed by atoms with Crippen LogP contribution >= 0.6 is 11.3 Å². The summed E-state index contributed by atoms with van der Waals surface area (Å²) in [6, 6.07) is 17.5. The van der Waals surface area contributed by atoms with Gasteiger partial charge in [0.15, 0.2) is 0 Å². The number of amides is 1. The average Bonchev–Trinajstić information content (AvgIpc) is 3.45. The van der Waals surface area contributed by atoms with Gasteiger partial charge in [-0.1, -0.05) is 42.5 Å². The summed E-state index contributed by atoms with van der Waals surface area (Å²) in [5.74, 6) is -0.213. The molecular weight excluding hydrogens is 386 g/mol. The first-order chi connectivity index (χ1) is 14.2. The lowest BCUT2D eigenvalue weighted by Crippen LogP contribution is -2.21. The number of hydrazone groups is 1. The minimum absolute atomic E-state index is 0.180. The number of rotatable bonds is 6. The van der Waals surface area contributed by atoms with Gasteiger partial charge in [-0.3, -0.25) is 4.79 Å². The van der Waals surface area contributed by atoms with E-state index in [1.165, 1.54) is 17.7 Å². The molecule has 1 N–H and O–H groups in total. The molecule has 0 fully saturated rings. The van der Waals surface area contributed by atoms with Crippen molar-refractivity contribution in [1.82, 2.24) is 30.6 Å². The number of thiazole rings is 1. The number of nitrogens with zero attached hydrogens (tertiary/aromatic N) is 6. The molecule has 8 nitrogen and oxygen atoms in total. The Morgan fingerprint density at radius 1 is 1.17 bits per heavy atom. The zero-order valence-corrected chi connectivity index (χ0v) is 16.4. The fourth-order valence-electron chi connectivity index (χ4n) is 2.67. The molecule has 0 bridgehead atoms. The molecule has 0 radical (unpaired) electrons. The first kappa shape index (κ1) is 18.6. The third kappa shape index (κ3) is 4.58. The van der Waals surface area contributed by atoms with Crippen LogP contribution in [-0.4, -0.2) is 36.8 Å². The van der Waals surface area contributed by atoms with Crippen LogP contribution in [0.25, 0.3) is 16.9 Å². The molecule has 0 aliphatic heterocycles. The zero-order valence-electron chi connectivity index (χ0n) is 15.6.